The van der Waals surface area contributed by atoms with Crippen molar-refractivity contribution >= 4 is 0 Å². The number of benzene rings is 1. The van der Waals surface area contributed by atoms with Gasteiger partial charge in [-0.3, -0.25) is 0 Å². The molecule has 3 atom stereocenters. The van der Waals surface area contributed by atoms with Gasteiger partial charge in [0.05, 0.1) is 0 Å². The summed E-state index contributed by atoms with van der Waals surface area (Å²) < 4.78 is 0. The van der Waals surface area contributed by atoms with Crippen LogP contribution in [0.15, 0.2) is 30.3 Å². The molecule has 0 amide bonds. The fourth-order valence-electron chi connectivity index (χ4n) is 2.36. The topological polar surface area (TPSA) is 32.3 Å². The highest BCUT2D eigenvalue weighted by molar-refractivity contribution is 5.26. The summed E-state index contributed by atoms with van der Waals surface area (Å²) >= 11 is 0. The Morgan fingerprint density at radius 1 is 1.29 bits per heavy atom. The average Bonchev–Trinajstić information content (AvgIpc) is 2.43. The van der Waals surface area contributed by atoms with Crippen LogP contribution in [0.25, 0.3) is 0 Å². The Morgan fingerprint density at radius 2 is 1.93 bits per heavy atom. The third-order valence-electron chi connectivity index (χ3n) is 3.14. The van der Waals surface area contributed by atoms with E-state index in [-0.39, 0.29) is 6.04 Å². The van der Waals surface area contributed by atoms with Crippen molar-refractivity contribution in [3.63, 3.8) is 0 Å². The third-order valence-corrected chi connectivity index (χ3v) is 3.14. The summed E-state index contributed by atoms with van der Waals surface area (Å²) in [6.07, 6.45) is 0.790. The summed E-state index contributed by atoms with van der Waals surface area (Å²) in [4.78, 5) is 0. The molecule has 2 N–H and O–H groups in total. The van der Waals surface area contributed by atoms with E-state index in [9.17, 15) is 5.11 Å². The molecule has 2 nitrogen and oxygen atoms in total. The van der Waals surface area contributed by atoms with E-state index in [2.05, 4.69) is 12.2 Å². The molecule has 0 bridgehead atoms. The van der Waals surface area contributed by atoms with Crippen molar-refractivity contribution in [2.75, 3.05) is 0 Å². The second kappa shape index (κ2) is 3.37. The molecule has 14 heavy (non-hydrogen) atoms. The third kappa shape index (κ3) is 1.45. The smallest absolute Gasteiger partial charge is 0.106 e. The van der Waals surface area contributed by atoms with Crippen LogP contribution in [0, 0.1) is 0 Å². The van der Waals surface area contributed by atoms with Gasteiger partial charge in [-0.15, -0.1) is 0 Å². The molecule has 2 heteroatoms. The van der Waals surface area contributed by atoms with Gasteiger partial charge in [0.25, 0.3) is 0 Å². The maximum atomic E-state index is 10.5. The van der Waals surface area contributed by atoms with E-state index < -0.39 is 5.60 Å². The van der Waals surface area contributed by atoms with E-state index in [0.717, 1.165) is 12.0 Å². The van der Waals surface area contributed by atoms with Gasteiger partial charge >= 0.3 is 0 Å². The highest BCUT2D eigenvalue weighted by Crippen LogP contribution is 2.34. The van der Waals surface area contributed by atoms with Crippen LogP contribution in [0.5, 0.6) is 0 Å². The van der Waals surface area contributed by atoms with Crippen molar-refractivity contribution in [2.24, 2.45) is 0 Å². The highest BCUT2D eigenvalue weighted by Gasteiger charge is 2.42. The van der Waals surface area contributed by atoms with E-state index in [0.29, 0.717) is 6.04 Å². The molecular weight excluding hydrogens is 174 g/mol. The van der Waals surface area contributed by atoms with Crippen LogP contribution in [0.4, 0.5) is 0 Å². The molecule has 1 fully saturated rings. The Balaban J connectivity index is 2.33. The van der Waals surface area contributed by atoms with Crippen molar-refractivity contribution < 1.29 is 5.11 Å². The zero-order valence-corrected chi connectivity index (χ0v) is 8.70. The zero-order valence-electron chi connectivity index (χ0n) is 8.70. The van der Waals surface area contributed by atoms with E-state index in [1.807, 2.05) is 37.3 Å². The molecule has 1 aromatic carbocycles. The average molecular weight is 191 g/mol. The van der Waals surface area contributed by atoms with Crippen LogP contribution in [0.3, 0.4) is 0 Å². The number of hydrogen-bond acceptors (Lipinski definition) is 2. The van der Waals surface area contributed by atoms with Gasteiger partial charge in [0.15, 0.2) is 0 Å². The number of rotatable bonds is 1. The van der Waals surface area contributed by atoms with E-state index in [4.69, 9.17) is 0 Å². The fourth-order valence-corrected chi connectivity index (χ4v) is 2.36. The first-order valence-electron chi connectivity index (χ1n) is 5.17. The summed E-state index contributed by atoms with van der Waals surface area (Å²) in [5.74, 6) is 0. The molecule has 3 unspecified atom stereocenters. The Kier molecular flexibility index (Phi) is 2.33. The van der Waals surface area contributed by atoms with E-state index >= 15 is 0 Å². The second-order valence-corrected chi connectivity index (χ2v) is 4.28. The Morgan fingerprint density at radius 3 is 2.43 bits per heavy atom. The molecule has 0 aromatic heterocycles. The van der Waals surface area contributed by atoms with Crippen LogP contribution in [-0.4, -0.2) is 17.2 Å². The molecular formula is C12H17NO. The quantitative estimate of drug-likeness (QED) is 0.707. The molecule has 1 heterocycles. The molecule has 1 aromatic rings. The first-order chi connectivity index (χ1) is 6.63. The largest absolute Gasteiger partial charge is 0.383 e. The number of nitrogens with one attached hydrogen (secondary N) is 1. The lowest BCUT2D eigenvalue weighted by molar-refractivity contribution is 0.0280. The van der Waals surface area contributed by atoms with Crippen molar-refractivity contribution in [2.45, 2.75) is 38.0 Å². The van der Waals surface area contributed by atoms with Crippen molar-refractivity contribution in [1.29, 1.82) is 0 Å². The van der Waals surface area contributed by atoms with Crippen molar-refractivity contribution in [3.8, 4) is 0 Å². The lowest BCUT2D eigenvalue weighted by Crippen LogP contribution is -2.38. The monoisotopic (exact) mass is 191 g/mol. The molecule has 2 rings (SSSR count). The van der Waals surface area contributed by atoms with Gasteiger partial charge in [0.1, 0.15) is 5.60 Å². The fraction of sp³-hybridized carbons (Fsp3) is 0.500. The molecule has 76 valence electrons. The summed E-state index contributed by atoms with van der Waals surface area (Å²) in [6.45, 7) is 4.15. The van der Waals surface area contributed by atoms with Crippen LogP contribution in [-0.2, 0) is 5.60 Å². The molecule has 1 aliphatic rings. The van der Waals surface area contributed by atoms with Crippen LogP contribution < -0.4 is 5.32 Å². The molecule has 0 spiro atoms. The minimum atomic E-state index is -0.694. The first-order valence-corrected chi connectivity index (χ1v) is 5.17. The predicted octanol–water partition coefficient (Wildman–Crippen LogP) is 1.64. The Hall–Kier alpha value is -0.860. The normalized spacial score (nSPS) is 37.4. The standard InChI is InChI=1S/C12H17NO/c1-9-8-12(14,10(2)13-9)11-6-4-3-5-7-11/h3-7,9-10,13-14H,8H2,1-2H3. The molecule has 1 saturated heterocycles. The van der Waals surface area contributed by atoms with Gasteiger partial charge in [-0.25, -0.2) is 0 Å². The minimum absolute atomic E-state index is 0.125. The molecule has 1 aliphatic heterocycles. The lowest BCUT2D eigenvalue weighted by Gasteiger charge is -2.27. The van der Waals surface area contributed by atoms with Crippen LogP contribution in [0.1, 0.15) is 25.8 Å². The SMILES string of the molecule is CC1CC(O)(c2ccccc2)C(C)N1. The van der Waals surface area contributed by atoms with Gasteiger partial charge in [0, 0.05) is 12.1 Å². The van der Waals surface area contributed by atoms with E-state index in [1.165, 1.54) is 0 Å². The van der Waals surface area contributed by atoms with Gasteiger partial charge in [-0.2, -0.15) is 0 Å². The maximum Gasteiger partial charge on any atom is 0.106 e. The first kappa shape index (κ1) is 9.69. The summed E-state index contributed by atoms with van der Waals surface area (Å²) in [5.41, 5.74) is 0.324. The van der Waals surface area contributed by atoms with Crippen LogP contribution >= 0.6 is 0 Å². The summed E-state index contributed by atoms with van der Waals surface area (Å²) in [5, 5.41) is 13.9. The van der Waals surface area contributed by atoms with E-state index in [1.54, 1.807) is 0 Å². The predicted molar refractivity (Wildman–Crippen MR) is 57.0 cm³/mol. The number of aliphatic hydroxyl groups is 1. The highest BCUT2D eigenvalue weighted by atomic mass is 16.3. The van der Waals surface area contributed by atoms with Crippen molar-refractivity contribution in [1.82, 2.24) is 5.32 Å². The minimum Gasteiger partial charge on any atom is -0.383 e. The van der Waals surface area contributed by atoms with Gasteiger partial charge < -0.3 is 10.4 Å². The summed E-state index contributed by atoms with van der Waals surface area (Å²) in [7, 11) is 0. The van der Waals surface area contributed by atoms with Gasteiger partial charge in [-0.1, -0.05) is 30.3 Å². The van der Waals surface area contributed by atoms with Crippen LogP contribution in [0.2, 0.25) is 0 Å². The molecule has 0 saturated carbocycles. The molecule has 0 aliphatic carbocycles. The second-order valence-electron chi connectivity index (χ2n) is 4.28. The molecule has 0 radical (unpaired) electrons. The van der Waals surface area contributed by atoms with Crippen molar-refractivity contribution in [3.05, 3.63) is 35.9 Å². The lowest BCUT2D eigenvalue weighted by atomic mass is 9.86. The maximum absolute atomic E-state index is 10.5. The Labute approximate surface area is 85.0 Å². The Bertz CT molecular complexity index is 311. The summed E-state index contributed by atoms with van der Waals surface area (Å²) in [6, 6.07) is 10.4. The van der Waals surface area contributed by atoms with Gasteiger partial charge in [-0.05, 0) is 25.8 Å². The van der Waals surface area contributed by atoms with Gasteiger partial charge in [0.2, 0.25) is 0 Å². The number of hydrogen-bond donors (Lipinski definition) is 2. The zero-order chi connectivity index (χ0) is 10.2.